The lowest BCUT2D eigenvalue weighted by atomic mass is 9.97. The molecule has 140 valence electrons. The maximum Gasteiger partial charge on any atom is 0.474 e. The zero-order chi connectivity index (χ0) is 18.0. The molecule has 0 aromatic heterocycles. The summed E-state index contributed by atoms with van der Waals surface area (Å²) < 4.78 is 55.4. The standard InChI is InChI=1S/C13H30O8P2/c1-7-16-22(14,17-8-2)20-11-13(5,6)12-21-23(15,18-9-3)19-10-4/h7-12H2,1-6H3. The molecule has 0 aliphatic carbocycles. The Balaban J connectivity index is 4.62. The van der Waals surface area contributed by atoms with Gasteiger partial charge in [0.1, 0.15) is 0 Å². The molecule has 0 saturated carbocycles. The predicted molar refractivity (Wildman–Crippen MR) is 87.4 cm³/mol. The molecule has 10 heteroatoms. The molecule has 0 radical (unpaired) electrons. The van der Waals surface area contributed by atoms with Gasteiger partial charge in [-0.25, -0.2) is 9.13 Å². The molecule has 0 aliphatic heterocycles. The van der Waals surface area contributed by atoms with Crippen LogP contribution in [0.25, 0.3) is 0 Å². The summed E-state index contributed by atoms with van der Waals surface area (Å²) in [7, 11) is -7.19. The van der Waals surface area contributed by atoms with Gasteiger partial charge < -0.3 is 0 Å². The minimum atomic E-state index is -3.59. The van der Waals surface area contributed by atoms with Crippen molar-refractivity contribution in [2.24, 2.45) is 5.41 Å². The highest BCUT2D eigenvalue weighted by Gasteiger charge is 2.33. The Bertz CT molecular complexity index is 357. The first-order valence-electron chi connectivity index (χ1n) is 7.73. The van der Waals surface area contributed by atoms with E-state index in [2.05, 4.69) is 0 Å². The Morgan fingerprint density at radius 1 is 0.609 bits per heavy atom. The molecular formula is C13H30O8P2. The van der Waals surface area contributed by atoms with Crippen LogP contribution in [0.2, 0.25) is 0 Å². The molecule has 0 spiro atoms. The summed E-state index contributed by atoms with van der Waals surface area (Å²) in [5, 5.41) is 0. The van der Waals surface area contributed by atoms with Crippen molar-refractivity contribution >= 4 is 15.6 Å². The molecule has 0 amide bonds. The minimum absolute atomic E-state index is 0.0303. The smallest absolute Gasteiger partial charge is 0.287 e. The van der Waals surface area contributed by atoms with E-state index in [4.69, 9.17) is 27.1 Å². The van der Waals surface area contributed by atoms with Crippen LogP contribution < -0.4 is 0 Å². The number of rotatable bonds is 14. The van der Waals surface area contributed by atoms with Gasteiger partial charge >= 0.3 is 15.6 Å². The third-order valence-electron chi connectivity index (χ3n) is 2.38. The van der Waals surface area contributed by atoms with E-state index < -0.39 is 21.1 Å². The van der Waals surface area contributed by atoms with Gasteiger partial charge in [-0.05, 0) is 27.7 Å². The normalized spacial score (nSPS) is 13.5. The van der Waals surface area contributed by atoms with Gasteiger partial charge in [-0.2, -0.15) is 0 Å². The van der Waals surface area contributed by atoms with Gasteiger partial charge in [0.15, 0.2) is 0 Å². The lowest BCUT2D eigenvalue weighted by molar-refractivity contribution is 0.0425. The first-order valence-corrected chi connectivity index (χ1v) is 10.6. The molecule has 0 aromatic rings. The van der Waals surface area contributed by atoms with Gasteiger partial charge in [0.2, 0.25) is 0 Å². The van der Waals surface area contributed by atoms with E-state index in [1.807, 2.05) is 0 Å². The molecule has 0 aliphatic rings. The molecule has 0 saturated heterocycles. The van der Waals surface area contributed by atoms with Gasteiger partial charge in [-0.15, -0.1) is 0 Å². The SMILES string of the molecule is CCOP(=O)(OCC)OCC(C)(C)COP(=O)(OCC)OCC. The molecule has 0 unspecified atom stereocenters. The highest BCUT2D eigenvalue weighted by molar-refractivity contribution is 7.48. The van der Waals surface area contributed by atoms with Crippen LogP contribution in [0, 0.1) is 5.41 Å². The molecule has 0 N–H and O–H groups in total. The van der Waals surface area contributed by atoms with Crippen LogP contribution >= 0.6 is 15.6 Å². The van der Waals surface area contributed by atoms with Gasteiger partial charge in [0.05, 0.1) is 39.6 Å². The summed E-state index contributed by atoms with van der Waals surface area (Å²) in [6.07, 6.45) is 0. The minimum Gasteiger partial charge on any atom is -0.287 e. The van der Waals surface area contributed by atoms with Crippen molar-refractivity contribution in [3.8, 4) is 0 Å². The summed E-state index contributed by atoms with van der Waals surface area (Å²) in [4.78, 5) is 0. The lowest BCUT2D eigenvalue weighted by Crippen LogP contribution is -2.25. The Morgan fingerprint density at radius 2 is 0.870 bits per heavy atom. The van der Waals surface area contributed by atoms with Crippen molar-refractivity contribution < 1.29 is 36.3 Å². The van der Waals surface area contributed by atoms with Gasteiger partial charge in [-0.3, -0.25) is 27.1 Å². The molecule has 0 aromatic carbocycles. The van der Waals surface area contributed by atoms with Crippen LogP contribution in [-0.4, -0.2) is 39.6 Å². The Kier molecular flexibility index (Phi) is 11.1. The molecule has 0 atom stereocenters. The van der Waals surface area contributed by atoms with Crippen molar-refractivity contribution in [3.63, 3.8) is 0 Å². The second-order valence-corrected chi connectivity index (χ2v) is 8.61. The van der Waals surface area contributed by atoms with Crippen molar-refractivity contribution in [1.29, 1.82) is 0 Å². The van der Waals surface area contributed by atoms with Crippen molar-refractivity contribution in [3.05, 3.63) is 0 Å². The monoisotopic (exact) mass is 376 g/mol. The second-order valence-electron chi connectivity index (χ2n) is 5.28. The molecule has 0 bridgehead atoms. The number of phosphoric acid groups is 2. The Hall–Kier alpha value is 0.220. The zero-order valence-corrected chi connectivity index (χ0v) is 16.7. The summed E-state index contributed by atoms with van der Waals surface area (Å²) in [5.74, 6) is 0. The van der Waals surface area contributed by atoms with E-state index in [1.165, 1.54) is 0 Å². The van der Waals surface area contributed by atoms with E-state index >= 15 is 0 Å². The van der Waals surface area contributed by atoms with Crippen molar-refractivity contribution in [1.82, 2.24) is 0 Å². The summed E-state index contributed by atoms with van der Waals surface area (Å²) in [5.41, 5.74) is -0.603. The maximum absolute atomic E-state index is 12.3. The molecule has 0 fully saturated rings. The number of hydrogen-bond acceptors (Lipinski definition) is 8. The summed E-state index contributed by atoms with van der Waals surface area (Å²) in [6, 6.07) is 0. The van der Waals surface area contributed by atoms with E-state index in [9.17, 15) is 9.13 Å². The fourth-order valence-electron chi connectivity index (χ4n) is 1.41. The Morgan fingerprint density at radius 3 is 1.09 bits per heavy atom. The van der Waals surface area contributed by atoms with Crippen LogP contribution in [-0.2, 0) is 36.3 Å². The highest BCUT2D eigenvalue weighted by atomic mass is 31.2. The fraction of sp³-hybridized carbons (Fsp3) is 1.00. The van der Waals surface area contributed by atoms with Crippen LogP contribution in [0.15, 0.2) is 0 Å². The third-order valence-corrected chi connectivity index (χ3v) is 5.56. The quantitative estimate of drug-likeness (QED) is 0.412. The van der Waals surface area contributed by atoms with Gasteiger partial charge in [0, 0.05) is 5.41 Å². The first-order chi connectivity index (χ1) is 10.7. The van der Waals surface area contributed by atoms with Crippen LogP contribution in [0.3, 0.4) is 0 Å². The Labute approximate surface area is 139 Å². The largest absolute Gasteiger partial charge is 0.474 e. The average Bonchev–Trinajstić information content (AvgIpc) is 2.45. The summed E-state index contributed by atoms with van der Waals surface area (Å²) >= 11 is 0. The molecule has 23 heavy (non-hydrogen) atoms. The number of phosphoric ester groups is 2. The van der Waals surface area contributed by atoms with E-state index in [0.29, 0.717) is 0 Å². The van der Waals surface area contributed by atoms with Crippen molar-refractivity contribution in [2.45, 2.75) is 41.5 Å². The first kappa shape index (κ1) is 23.2. The third kappa shape index (κ3) is 9.95. The van der Waals surface area contributed by atoms with Crippen molar-refractivity contribution in [2.75, 3.05) is 39.6 Å². The predicted octanol–water partition coefficient (Wildman–Crippen LogP) is 4.41. The lowest BCUT2D eigenvalue weighted by Gasteiger charge is -2.27. The van der Waals surface area contributed by atoms with Gasteiger partial charge in [-0.1, -0.05) is 13.8 Å². The van der Waals surface area contributed by atoms with Crippen LogP contribution in [0.1, 0.15) is 41.5 Å². The molecular weight excluding hydrogens is 346 g/mol. The van der Waals surface area contributed by atoms with E-state index in [1.54, 1.807) is 41.5 Å². The topological polar surface area (TPSA) is 89.5 Å². The molecule has 8 nitrogen and oxygen atoms in total. The summed E-state index contributed by atoms with van der Waals surface area (Å²) in [6.45, 7) is 11.3. The second kappa shape index (κ2) is 11.0. The van der Waals surface area contributed by atoms with E-state index in [-0.39, 0.29) is 39.6 Å². The molecule has 0 heterocycles. The van der Waals surface area contributed by atoms with Crippen LogP contribution in [0.5, 0.6) is 0 Å². The number of hydrogen-bond donors (Lipinski definition) is 0. The van der Waals surface area contributed by atoms with Crippen LogP contribution in [0.4, 0.5) is 0 Å². The average molecular weight is 376 g/mol. The molecule has 0 rings (SSSR count). The fourth-order valence-corrected chi connectivity index (χ4v) is 4.13. The van der Waals surface area contributed by atoms with Gasteiger partial charge in [0.25, 0.3) is 0 Å². The zero-order valence-electron chi connectivity index (χ0n) is 14.9. The highest BCUT2D eigenvalue weighted by Crippen LogP contribution is 2.52. The maximum atomic E-state index is 12.3. The van der Waals surface area contributed by atoms with E-state index in [0.717, 1.165) is 0 Å².